The van der Waals surface area contributed by atoms with Gasteiger partial charge in [-0.25, -0.2) is 0 Å². The molecule has 2 heterocycles. The molecule has 0 saturated heterocycles. The zero-order chi connectivity index (χ0) is 35.1. The highest BCUT2D eigenvalue weighted by Gasteiger charge is 2.41. The molecule has 50 heavy (non-hydrogen) atoms. The minimum absolute atomic E-state index is 0. The van der Waals surface area contributed by atoms with Gasteiger partial charge >= 0.3 is 0 Å². The first kappa shape index (κ1) is 41.5. The summed E-state index contributed by atoms with van der Waals surface area (Å²) in [7, 11) is 8.97. The lowest BCUT2D eigenvalue weighted by atomic mass is 9.88. The molecule has 4 amide bonds. The Kier molecular flexibility index (Phi) is 13.1. The molecule has 0 N–H and O–H groups in total. The van der Waals surface area contributed by atoms with E-state index in [2.05, 4.69) is 55.9 Å². The molecule has 0 unspecified atom stereocenters. The van der Waals surface area contributed by atoms with Crippen LogP contribution in [0.1, 0.15) is 94.8 Å². The van der Waals surface area contributed by atoms with E-state index < -0.39 is 0 Å². The Hall–Kier alpha value is -2.92. The summed E-state index contributed by atoms with van der Waals surface area (Å²) in [6.07, 6.45) is 4.51. The van der Waals surface area contributed by atoms with Crippen molar-refractivity contribution in [1.29, 1.82) is 0 Å². The van der Waals surface area contributed by atoms with E-state index in [0.717, 1.165) is 71.6 Å². The Labute approximate surface area is 319 Å². The van der Waals surface area contributed by atoms with Gasteiger partial charge in [-0.3, -0.25) is 29.0 Å². The van der Waals surface area contributed by atoms with Gasteiger partial charge in [-0.05, 0) is 55.3 Å². The Morgan fingerprint density at radius 2 is 0.840 bits per heavy atom. The summed E-state index contributed by atoms with van der Waals surface area (Å²) in [5.74, 6) is -0.765. The number of carbonyl (C=O) groups excluding carboxylic acids is 4. The molecule has 8 nitrogen and oxygen atoms in total. The zero-order valence-electron chi connectivity index (χ0n) is 31.0. The highest BCUT2D eigenvalue weighted by Crippen LogP contribution is 2.33. The van der Waals surface area contributed by atoms with Crippen molar-refractivity contribution in [3.8, 4) is 0 Å². The lowest BCUT2D eigenvalue weighted by molar-refractivity contribution is -0.897. The molecule has 0 spiro atoms. The van der Waals surface area contributed by atoms with Crippen LogP contribution >= 0.6 is 0 Å². The Morgan fingerprint density at radius 3 is 1.22 bits per heavy atom. The van der Waals surface area contributed by atoms with E-state index >= 15 is 0 Å². The van der Waals surface area contributed by atoms with Gasteiger partial charge < -0.3 is 42.9 Å². The summed E-state index contributed by atoms with van der Waals surface area (Å²) in [6.45, 7) is 13.2. The van der Waals surface area contributed by atoms with Crippen LogP contribution in [0.2, 0.25) is 0 Å². The number of hydrogen-bond acceptors (Lipinski definition) is 4. The lowest BCUT2D eigenvalue weighted by Gasteiger charge is -2.40. The van der Waals surface area contributed by atoms with Gasteiger partial charge in [0.1, 0.15) is 0 Å². The molecule has 0 aromatic heterocycles. The van der Waals surface area contributed by atoms with E-state index in [1.807, 2.05) is 48.5 Å². The first-order valence-corrected chi connectivity index (χ1v) is 17.4. The topological polar surface area (TPSA) is 74.8 Å². The maximum absolute atomic E-state index is 13.5. The number of imide groups is 2. The van der Waals surface area contributed by atoms with Crippen LogP contribution in [0.3, 0.4) is 0 Å². The summed E-state index contributed by atoms with van der Waals surface area (Å²) in [5, 5.41) is 1.70. The van der Waals surface area contributed by atoms with Crippen molar-refractivity contribution in [3.05, 3.63) is 82.9 Å². The van der Waals surface area contributed by atoms with Crippen molar-refractivity contribution in [2.24, 2.45) is 10.8 Å². The number of hydrogen-bond donors (Lipinski definition) is 0. The SMILES string of the molecule is CC(C)(CN1C(=O)c2ccccc2C1=O)C[N+](C)(C)CCCCCC[N+](C)(C)CC(C)(C)CN1C(=O)c2cccc3cccc(c23)C1=O.[Br-].[Br-]. The van der Waals surface area contributed by atoms with Crippen molar-refractivity contribution >= 4 is 34.4 Å². The number of unbranched alkanes of at least 4 members (excludes halogenated alkanes) is 3. The maximum Gasteiger partial charge on any atom is 0.261 e. The van der Waals surface area contributed by atoms with Gasteiger partial charge in [0.15, 0.2) is 0 Å². The molecule has 0 bridgehead atoms. The molecule has 0 fully saturated rings. The van der Waals surface area contributed by atoms with E-state index in [9.17, 15) is 19.2 Å². The van der Waals surface area contributed by atoms with Crippen molar-refractivity contribution in [1.82, 2.24) is 9.80 Å². The second-order valence-corrected chi connectivity index (χ2v) is 17.0. The normalized spacial score (nSPS) is 15.0. The molecular weight excluding hydrogens is 760 g/mol. The smallest absolute Gasteiger partial charge is 0.261 e. The Morgan fingerprint density at radius 1 is 0.500 bits per heavy atom. The molecule has 0 saturated carbocycles. The molecule has 10 heteroatoms. The van der Waals surface area contributed by atoms with Crippen LogP contribution in [0, 0.1) is 10.8 Å². The molecule has 3 aromatic carbocycles. The third-order valence-electron chi connectivity index (χ3n) is 9.90. The number of rotatable bonds is 15. The summed E-state index contributed by atoms with van der Waals surface area (Å²) < 4.78 is 1.65. The van der Waals surface area contributed by atoms with Crippen LogP contribution in [-0.2, 0) is 0 Å². The Balaban J connectivity index is 0.00000338. The van der Waals surface area contributed by atoms with Crippen molar-refractivity contribution < 1.29 is 62.1 Å². The van der Waals surface area contributed by atoms with Crippen molar-refractivity contribution in [2.45, 2.75) is 53.4 Å². The molecule has 2 aliphatic heterocycles. The lowest BCUT2D eigenvalue weighted by Crippen LogP contribution is -3.00. The molecular formula is C40H54Br2N4O4. The average Bonchev–Trinajstić information content (AvgIpc) is 3.23. The van der Waals surface area contributed by atoms with E-state index in [1.54, 1.807) is 12.1 Å². The van der Waals surface area contributed by atoms with Crippen LogP contribution in [0.25, 0.3) is 10.8 Å². The molecule has 5 rings (SSSR count). The highest BCUT2D eigenvalue weighted by atomic mass is 79.9. The number of benzene rings is 3. The second kappa shape index (κ2) is 15.8. The van der Waals surface area contributed by atoms with Crippen LogP contribution < -0.4 is 34.0 Å². The molecule has 272 valence electrons. The predicted octanol–water partition coefficient (Wildman–Crippen LogP) is 0.506. The number of halogens is 2. The first-order valence-electron chi connectivity index (χ1n) is 17.4. The first-order chi connectivity index (χ1) is 22.4. The molecule has 3 aromatic rings. The fraction of sp³-hybridized carbons (Fsp3) is 0.500. The van der Waals surface area contributed by atoms with Gasteiger partial charge in [0.25, 0.3) is 23.6 Å². The minimum Gasteiger partial charge on any atom is -1.00 e. The number of quaternary nitrogens is 2. The average molecular weight is 815 g/mol. The van der Waals surface area contributed by atoms with Crippen LogP contribution in [0.5, 0.6) is 0 Å². The van der Waals surface area contributed by atoms with Gasteiger partial charge in [0.05, 0.1) is 65.5 Å². The standard InChI is InChI=1S/C40H54N4O4.2BrH/c1-39(2,25-41-35(45)30-19-11-12-20-31(30)36(41)46)27-43(5,6)23-13-9-10-14-24-44(7,8)28-40(3,4)26-42-37(47)32-21-15-17-29-18-16-22-33(34(29)32)38(42)48;;/h11-12,15-22H,9-10,13-14,23-28H2,1-8H3;2*1H/q+2;;/p-2. The van der Waals surface area contributed by atoms with Crippen LogP contribution in [0.15, 0.2) is 60.7 Å². The number of nitrogens with zero attached hydrogens (tertiary/aromatic N) is 4. The summed E-state index contributed by atoms with van der Waals surface area (Å²) in [4.78, 5) is 55.7. The van der Waals surface area contributed by atoms with Crippen molar-refractivity contribution in [2.75, 3.05) is 67.5 Å². The van der Waals surface area contributed by atoms with E-state index in [0.29, 0.717) is 35.3 Å². The monoisotopic (exact) mass is 812 g/mol. The van der Waals surface area contributed by atoms with Gasteiger partial charge in [-0.1, -0.05) is 64.1 Å². The minimum atomic E-state index is -0.254. The highest BCUT2D eigenvalue weighted by molar-refractivity contribution is 6.25. The largest absolute Gasteiger partial charge is 1.00 e. The Bertz CT molecular complexity index is 1660. The number of fused-ring (bicyclic) bond motifs is 1. The van der Waals surface area contributed by atoms with E-state index in [1.165, 1.54) is 9.80 Å². The molecule has 2 aliphatic rings. The van der Waals surface area contributed by atoms with Crippen molar-refractivity contribution in [3.63, 3.8) is 0 Å². The maximum atomic E-state index is 13.5. The van der Waals surface area contributed by atoms with Gasteiger partial charge in [0.2, 0.25) is 0 Å². The predicted molar refractivity (Wildman–Crippen MR) is 191 cm³/mol. The summed E-state index contributed by atoms with van der Waals surface area (Å²) in [5.41, 5.74) is 1.77. The summed E-state index contributed by atoms with van der Waals surface area (Å²) in [6, 6.07) is 18.4. The fourth-order valence-corrected chi connectivity index (χ4v) is 8.47. The van der Waals surface area contributed by atoms with E-state index in [4.69, 9.17) is 0 Å². The third kappa shape index (κ3) is 9.29. The summed E-state index contributed by atoms with van der Waals surface area (Å²) >= 11 is 0. The van der Waals surface area contributed by atoms with Gasteiger partial charge in [-0.15, -0.1) is 0 Å². The molecule has 0 radical (unpaired) electrons. The number of amides is 4. The second-order valence-electron chi connectivity index (χ2n) is 17.0. The van der Waals surface area contributed by atoms with Crippen LogP contribution in [-0.4, -0.2) is 110 Å². The number of carbonyl (C=O) groups is 4. The quantitative estimate of drug-likeness (QED) is 0.128. The molecule has 0 atom stereocenters. The fourth-order valence-electron chi connectivity index (χ4n) is 8.47. The van der Waals surface area contributed by atoms with E-state index in [-0.39, 0.29) is 68.4 Å². The van der Waals surface area contributed by atoms with Gasteiger partial charge in [0, 0.05) is 40.4 Å². The molecule has 0 aliphatic carbocycles. The third-order valence-corrected chi connectivity index (χ3v) is 9.90. The van der Waals surface area contributed by atoms with Crippen LogP contribution in [0.4, 0.5) is 0 Å². The van der Waals surface area contributed by atoms with Gasteiger partial charge in [-0.2, -0.15) is 0 Å². The zero-order valence-corrected chi connectivity index (χ0v) is 34.2.